The number of hydrogen-bond acceptors (Lipinski definition) is 7. The first kappa shape index (κ1) is 29.0. The van der Waals surface area contributed by atoms with Gasteiger partial charge in [-0.25, -0.2) is 19.2 Å². The van der Waals surface area contributed by atoms with Crippen LogP contribution in [-0.4, -0.2) is 60.4 Å². The third-order valence-corrected chi connectivity index (χ3v) is 6.42. The van der Waals surface area contributed by atoms with E-state index in [0.717, 1.165) is 45.3 Å². The molecule has 0 atom stereocenters. The van der Waals surface area contributed by atoms with E-state index in [9.17, 15) is 22.4 Å². The summed E-state index contributed by atoms with van der Waals surface area (Å²) in [5.41, 5.74) is -0.684. The summed E-state index contributed by atoms with van der Waals surface area (Å²) in [6, 6.07) is 13.2. The van der Waals surface area contributed by atoms with E-state index < -0.39 is 23.6 Å². The van der Waals surface area contributed by atoms with Crippen molar-refractivity contribution in [3.05, 3.63) is 78.4 Å². The molecule has 0 bridgehead atoms. The van der Waals surface area contributed by atoms with E-state index in [2.05, 4.69) is 25.5 Å². The average molecular weight is 586 g/mol. The SMILES string of the molecule is O=C(Nc1ccc(Oc2ncnc3cc(OCCCN4CCOCC4)ccc23)cc1)Nc1ccc(F)c(C(F)(F)F)c1. The summed E-state index contributed by atoms with van der Waals surface area (Å²) >= 11 is 0. The molecule has 1 saturated heterocycles. The van der Waals surface area contributed by atoms with Crippen molar-refractivity contribution in [3.63, 3.8) is 0 Å². The Morgan fingerprint density at radius 2 is 1.64 bits per heavy atom. The van der Waals surface area contributed by atoms with E-state index in [-0.39, 0.29) is 5.69 Å². The van der Waals surface area contributed by atoms with Crippen molar-refractivity contribution in [3.8, 4) is 17.4 Å². The molecule has 0 spiro atoms. The molecule has 0 aliphatic carbocycles. The number of alkyl halides is 3. The molecule has 2 N–H and O–H groups in total. The van der Waals surface area contributed by atoms with Crippen molar-refractivity contribution in [2.75, 3.05) is 50.1 Å². The number of amides is 2. The zero-order valence-corrected chi connectivity index (χ0v) is 22.3. The molecule has 1 aromatic heterocycles. The number of fused-ring (bicyclic) bond motifs is 1. The van der Waals surface area contributed by atoms with E-state index in [4.69, 9.17) is 14.2 Å². The lowest BCUT2D eigenvalue weighted by atomic mass is 10.2. The molecular formula is C29H27F4N5O4. The summed E-state index contributed by atoms with van der Waals surface area (Å²) in [5.74, 6) is 0.0225. The molecule has 42 heavy (non-hydrogen) atoms. The van der Waals surface area contributed by atoms with Crippen molar-refractivity contribution in [1.82, 2.24) is 14.9 Å². The number of nitrogens with one attached hydrogen (secondary N) is 2. The first-order valence-electron chi connectivity index (χ1n) is 13.1. The number of nitrogens with zero attached hydrogens (tertiary/aromatic N) is 3. The van der Waals surface area contributed by atoms with E-state index in [1.807, 2.05) is 18.2 Å². The zero-order valence-electron chi connectivity index (χ0n) is 22.3. The van der Waals surface area contributed by atoms with E-state index >= 15 is 0 Å². The normalized spacial score (nSPS) is 14.0. The monoisotopic (exact) mass is 585 g/mol. The lowest BCUT2D eigenvalue weighted by molar-refractivity contribution is -0.139. The largest absolute Gasteiger partial charge is 0.493 e. The summed E-state index contributed by atoms with van der Waals surface area (Å²) in [7, 11) is 0. The minimum absolute atomic E-state index is 0.210. The lowest BCUT2D eigenvalue weighted by Gasteiger charge is -2.26. The highest BCUT2D eigenvalue weighted by atomic mass is 19.4. The molecule has 3 aromatic carbocycles. The van der Waals surface area contributed by atoms with Crippen molar-refractivity contribution < 1.29 is 36.6 Å². The Morgan fingerprint density at radius 1 is 0.929 bits per heavy atom. The molecule has 4 aromatic rings. The van der Waals surface area contributed by atoms with Gasteiger partial charge in [-0.2, -0.15) is 13.2 Å². The van der Waals surface area contributed by atoms with Gasteiger partial charge in [0, 0.05) is 37.1 Å². The first-order valence-corrected chi connectivity index (χ1v) is 13.1. The van der Waals surface area contributed by atoms with Gasteiger partial charge in [-0.15, -0.1) is 0 Å². The molecule has 9 nitrogen and oxygen atoms in total. The number of carbonyl (C=O) groups is 1. The van der Waals surface area contributed by atoms with Gasteiger partial charge in [0.2, 0.25) is 5.88 Å². The van der Waals surface area contributed by atoms with Crippen LogP contribution < -0.4 is 20.1 Å². The number of morpholine rings is 1. The molecule has 2 heterocycles. The number of carbonyl (C=O) groups excluding carboxylic acids is 1. The van der Waals surface area contributed by atoms with Crippen molar-refractivity contribution in [1.29, 1.82) is 0 Å². The van der Waals surface area contributed by atoms with Crippen LogP contribution in [-0.2, 0) is 10.9 Å². The Balaban J connectivity index is 1.15. The molecule has 5 rings (SSSR count). The molecule has 1 aliphatic rings. The Kier molecular flexibility index (Phi) is 8.98. The van der Waals surface area contributed by atoms with Gasteiger partial charge in [0.05, 0.1) is 36.3 Å². The van der Waals surface area contributed by atoms with Crippen LogP contribution in [0, 0.1) is 5.82 Å². The number of aromatic nitrogens is 2. The molecule has 13 heteroatoms. The second kappa shape index (κ2) is 13.0. The lowest BCUT2D eigenvalue weighted by Crippen LogP contribution is -2.37. The second-order valence-corrected chi connectivity index (χ2v) is 9.41. The molecule has 1 aliphatic heterocycles. The van der Waals surface area contributed by atoms with Crippen LogP contribution in [0.1, 0.15) is 12.0 Å². The molecule has 0 unspecified atom stereocenters. The highest BCUT2D eigenvalue weighted by Crippen LogP contribution is 2.33. The average Bonchev–Trinajstić information content (AvgIpc) is 2.97. The Morgan fingerprint density at radius 3 is 2.40 bits per heavy atom. The van der Waals surface area contributed by atoms with Crippen LogP contribution >= 0.6 is 0 Å². The summed E-state index contributed by atoms with van der Waals surface area (Å²) in [4.78, 5) is 23.2. The van der Waals surface area contributed by atoms with Gasteiger partial charge in [-0.05, 0) is 61.0 Å². The molecule has 0 saturated carbocycles. The molecule has 2 amide bonds. The topological polar surface area (TPSA) is 97.8 Å². The number of urea groups is 1. The molecule has 1 fully saturated rings. The van der Waals surface area contributed by atoms with Crippen molar-refractivity contribution >= 4 is 28.3 Å². The fraction of sp³-hybridized carbons (Fsp3) is 0.276. The van der Waals surface area contributed by atoms with Gasteiger partial charge in [0.15, 0.2) is 0 Å². The molecular weight excluding hydrogens is 558 g/mol. The molecule has 220 valence electrons. The van der Waals surface area contributed by atoms with Gasteiger partial charge < -0.3 is 24.8 Å². The van der Waals surface area contributed by atoms with Crippen LogP contribution in [0.4, 0.5) is 33.7 Å². The molecule has 0 radical (unpaired) electrons. The second-order valence-electron chi connectivity index (χ2n) is 9.41. The number of anilines is 2. The van der Waals surface area contributed by atoms with Gasteiger partial charge in [-0.1, -0.05) is 0 Å². The number of halogens is 4. The Bertz CT molecular complexity index is 1530. The van der Waals surface area contributed by atoms with Crippen LogP contribution in [0.3, 0.4) is 0 Å². The Labute approximate surface area is 238 Å². The maximum absolute atomic E-state index is 13.5. The summed E-state index contributed by atoms with van der Waals surface area (Å²) < 4.78 is 69.5. The van der Waals surface area contributed by atoms with Crippen LogP contribution in [0.25, 0.3) is 10.9 Å². The van der Waals surface area contributed by atoms with Gasteiger partial charge >= 0.3 is 12.2 Å². The third-order valence-electron chi connectivity index (χ3n) is 6.42. The van der Waals surface area contributed by atoms with Crippen LogP contribution in [0.2, 0.25) is 0 Å². The predicted molar refractivity (Wildman–Crippen MR) is 147 cm³/mol. The predicted octanol–water partition coefficient (Wildman–Crippen LogP) is 6.33. The van der Waals surface area contributed by atoms with E-state index in [0.29, 0.717) is 52.7 Å². The standard InChI is InChI=1S/C29H27F4N5O4/c30-25-9-4-20(16-24(25)29(31,32)33)37-28(39)36-19-2-5-21(6-3-19)42-27-23-8-7-22(17-26(23)34-18-35-27)41-13-1-10-38-11-14-40-15-12-38/h2-9,16-18H,1,10-15H2,(H2,36,37,39). The highest BCUT2D eigenvalue weighted by Gasteiger charge is 2.34. The van der Waals surface area contributed by atoms with Crippen molar-refractivity contribution in [2.24, 2.45) is 0 Å². The number of benzene rings is 3. The number of rotatable bonds is 9. The minimum Gasteiger partial charge on any atom is -0.493 e. The minimum atomic E-state index is -4.89. The zero-order chi connectivity index (χ0) is 29.5. The van der Waals surface area contributed by atoms with E-state index in [1.165, 1.54) is 6.33 Å². The summed E-state index contributed by atoms with van der Waals surface area (Å²) in [5, 5.41) is 5.44. The van der Waals surface area contributed by atoms with Gasteiger partial charge in [0.1, 0.15) is 23.6 Å². The smallest absolute Gasteiger partial charge is 0.419 e. The highest BCUT2D eigenvalue weighted by molar-refractivity contribution is 5.99. The summed E-state index contributed by atoms with van der Waals surface area (Å²) in [6.07, 6.45) is -2.60. The Hall–Kier alpha value is -4.49. The van der Waals surface area contributed by atoms with Gasteiger partial charge in [-0.3, -0.25) is 4.90 Å². The fourth-order valence-corrected chi connectivity index (χ4v) is 4.32. The van der Waals surface area contributed by atoms with E-state index in [1.54, 1.807) is 24.3 Å². The van der Waals surface area contributed by atoms with Gasteiger partial charge in [0.25, 0.3) is 0 Å². The number of hydrogen-bond donors (Lipinski definition) is 2. The maximum Gasteiger partial charge on any atom is 0.419 e. The quantitative estimate of drug-likeness (QED) is 0.175. The summed E-state index contributed by atoms with van der Waals surface area (Å²) in [6.45, 7) is 4.95. The number of ether oxygens (including phenoxy) is 3. The fourth-order valence-electron chi connectivity index (χ4n) is 4.32. The van der Waals surface area contributed by atoms with Crippen LogP contribution in [0.5, 0.6) is 17.4 Å². The third kappa shape index (κ3) is 7.62. The first-order chi connectivity index (χ1) is 20.2. The van der Waals surface area contributed by atoms with Crippen molar-refractivity contribution in [2.45, 2.75) is 12.6 Å². The van der Waals surface area contributed by atoms with Crippen LogP contribution in [0.15, 0.2) is 67.0 Å². The maximum atomic E-state index is 13.5.